The van der Waals surface area contributed by atoms with Crippen molar-refractivity contribution in [2.24, 2.45) is 5.73 Å². The molecule has 2 aromatic rings. The largest absolute Gasteiger partial charge is 0.488 e. The van der Waals surface area contributed by atoms with Crippen LogP contribution in [0.1, 0.15) is 24.1 Å². The lowest BCUT2D eigenvalue weighted by Gasteiger charge is -2.15. The van der Waals surface area contributed by atoms with E-state index in [1.165, 1.54) is 6.07 Å². The number of ether oxygens (including phenoxy) is 1. The second kappa shape index (κ2) is 6.57. The van der Waals surface area contributed by atoms with Crippen LogP contribution >= 0.6 is 27.5 Å². The molecule has 2 aromatic carbocycles. The van der Waals surface area contributed by atoms with Crippen LogP contribution in [0.25, 0.3) is 0 Å². The number of hydrogen-bond acceptors (Lipinski definition) is 2. The van der Waals surface area contributed by atoms with Gasteiger partial charge in [0.1, 0.15) is 18.2 Å². The summed E-state index contributed by atoms with van der Waals surface area (Å²) in [6, 6.07) is 10.2. The van der Waals surface area contributed by atoms with Crippen LogP contribution in [0.3, 0.4) is 0 Å². The Morgan fingerprint density at radius 1 is 1.35 bits per heavy atom. The molecule has 0 heterocycles. The lowest BCUT2D eigenvalue weighted by molar-refractivity contribution is 0.295. The van der Waals surface area contributed by atoms with Crippen molar-refractivity contribution in [2.45, 2.75) is 19.6 Å². The molecule has 2 rings (SSSR count). The van der Waals surface area contributed by atoms with E-state index in [1.807, 2.05) is 25.1 Å². The molecule has 0 saturated heterocycles. The number of rotatable bonds is 4. The van der Waals surface area contributed by atoms with Crippen LogP contribution in [0.5, 0.6) is 5.75 Å². The molecule has 0 amide bonds. The molecule has 0 aliphatic rings. The molecule has 0 aliphatic heterocycles. The Morgan fingerprint density at radius 3 is 2.80 bits per heavy atom. The molecule has 0 bridgehead atoms. The van der Waals surface area contributed by atoms with E-state index >= 15 is 0 Å². The van der Waals surface area contributed by atoms with Crippen molar-refractivity contribution < 1.29 is 9.13 Å². The van der Waals surface area contributed by atoms with Crippen LogP contribution in [0.15, 0.2) is 40.9 Å². The molecule has 106 valence electrons. The minimum Gasteiger partial charge on any atom is -0.488 e. The maximum Gasteiger partial charge on any atom is 0.148 e. The van der Waals surface area contributed by atoms with E-state index in [1.54, 1.807) is 12.1 Å². The SMILES string of the molecule is CC(N)c1cc(Br)ccc1OCc1cccc(Cl)c1F. The van der Waals surface area contributed by atoms with Crippen LogP contribution in [-0.2, 0) is 6.61 Å². The van der Waals surface area contributed by atoms with Gasteiger partial charge in [0.25, 0.3) is 0 Å². The predicted molar refractivity (Wildman–Crippen MR) is 82.5 cm³/mol. The van der Waals surface area contributed by atoms with Gasteiger partial charge in [0.15, 0.2) is 0 Å². The third-order valence-corrected chi connectivity index (χ3v) is 3.66. The summed E-state index contributed by atoms with van der Waals surface area (Å²) >= 11 is 9.13. The quantitative estimate of drug-likeness (QED) is 0.848. The van der Waals surface area contributed by atoms with E-state index < -0.39 is 5.82 Å². The van der Waals surface area contributed by atoms with Gasteiger partial charge in [0.2, 0.25) is 0 Å². The minimum absolute atomic E-state index is 0.0920. The number of halogens is 3. The maximum absolute atomic E-state index is 13.8. The van der Waals surface area contributed by atoms with Crippen molar-refractivity contribution in [3.8, 4) is 5.75 Å². The molecule has 2 nitrogen and oxygen atoms in total. The lowest BCUT2D eigenvalue weighted by Crippen LogP contribution is -2.08. The molecule has 2 N–H and O–H groups in total. The van der Waals surface area contributed by atoms with Crippen LogP contribution in [0.4, 0.5) is 4.39 Å². The van der Waals surface area contributed by atoms with E-state index in [4.69, 9.17) is 22.1 Å². The van der Waals surface area contributed by atoms with Gasteiger partial charge >= 0.3 is 0 Å². The number of nitrogens with two attached hydrogens (primary N) is 1. The molecule has 1 unspecified atom stereocenters. The molecule has 20 heavy (non-hydrogen) atoms. The highest BCUT2D eigenvalue weighted by molar-refractivity contribution is 9.10. The molecule has 1 atom stereocenters. The van der Waals surface area contributed by atoms with Crippen molar-refractivity contribution in [2.75, 3.05) is 0 Å². The first-order chi connectivity index (χ1) is 9.49. The molecular formula is C15H14BrClFNO. The summed E-state index contributed by atoms with van der Waals surface area (Å²) in [7, 11) is 0. The van der Waals surface area contributed by atoms with Gasteiger partial charge in [-0.3, -0.25) is 0 Å². The molecular weight excluding hydrogens is 345 g/mol. The van der Waals surface area contributed by atoms with Crippen LogP contribution < -0.4 is 10.5 Å². The van der Waals surface area contributed by atoms with Gasteiger partial charge in [0, 0.05) is 21.6 Å². The third-order valence-electron chi connectivity index (χ3n) is 2.88. The average Bonchev–Trinajstić information content (AvgIpc) is 2.41. The number of benzene rings is 2. The second-order valence-electron chi connectivity index (χ2n) is 4.47. The van der Waals surface area contributed by atoms with Crippen LogP contribution in [0, 0.1) is 5.82 Å². The zero-order valence-electron chi connectivity index (χ0n) is 10.9. The molecule has 0 fully saturated rings. The summed E-state index contributed by atoms with van der Waals surface area (Å²) in [6.45, 7) is 1.97. The Morgan fingerprint density at radius 2 is 2.10 bits per heavy atom. The van der Waals surface area contributed by atoms with Crippen molar-refractivity contribution in [1.29, 1.82) is 0 Å². The van der Waals surface area contributed by atoms with E-state index in [0.717, 1.165) is 10.0 Å². The lowest BCUT2D eigenvalue weighted by atomic mass is 10.1. The van der Waals surface area contributed by atoms with E-state index in [2.05, 4.69) is 15.9 Å². The molecule has 0 saturated carbocycles. The smallest absolute Gasteiger partial charge is 0.148 e. The summed E-state index contributed by atoms with van der Waals surface area (Å²) in [4.78, 5) is 0. The monoisotopic (exact) mass is 357 g/mol. The van der Waals surface area contributed by atoms with Gasteiger partial charge in [-0.05, 0) is 31.2 Å². The van der Waals surface area contributed by atoms with Crippen molar-refractivity contribution >= 4 is 27.5 Å². The first kappa shape index (κ1) is 15.3. The van der Waals surface area contributed by atoms with Gasteiger partial charge in [-0.25, -0.2) is 4.39 Å². The Bertz CT molecular complexity index is 619. The van der Waals surface area contributed by atoms with Crippen molar-refractivity contribution in [1.82, 2.24) is 0 Å². The normalized spacial score (nSPS) is 12.2. The fourth-order valence-corrected chi connectivity index (χ4v) is 2.39. The first-order valence-corrected chi connectivity index (χ1v) is 7.27. The number of hydrogen-bond donors (Lipinski definition) is 1. The minimum atomic E-state index is -0.450. The van der Waals surface area contributed by atoms with Gasteiger partial charge < -0.3 is 10.5 Å². The van der Waals surface area contributed by atoms with Gasteiger partial charge in [-0.1, -0.05) is 39.7 Å². The Kier molecular flexibility index (Phi) is 5.02. The highest BCUT2D eigenvalue weighted by atomic mass is 79.9. The Hall–Kier alpha value is -1.10. The summed E-state index contributed by atoms with van der Waals surface area (Å²) < 4.78 is 20.4. The van der Waals surface area contributed by atoms with E-state index in [0.29, 0.717) is 11.3 Å². The van der Waals surface area contributed by atoms with Crippen molar-refractivity contribution in [3.05, 3.63) is 62.8 Å². The van der Waals surface area contributed by atoms with Gasteiger partial charge in [0.05, 0.1) is 5.02 Å². The summed E-state index contributed by atoms with van der Waals surface area (Å²) in [5.74, 6) is 0.191. The van der Waals surface area contributed by atoms with Gasteiger partial charge in [-0.2, -0.15) is 0 Å². The van der Waals surface area contributed by atoms with Crippen molar-refractivity contribution in [3.63, 3.8) is 0 Å². The third kappa shape index (κ3) is 3.51. The highest BCUT2D eigenvalue weighted by Crippen LogP contribution is 2.28. The average molecular weight is 359 g/mol. The van der Waals surface area contributed by atoms with E-state index in [9.17, 15) is 4.39 Å². The summed E-state index contributed by atoms with van der Waals surface area (Å²) in [5, 5.41) is 0.0920. The van der Waals surface area contributed by atoms with Crippen LogP contribution in [0.2, 0.25) is 5.02 Å². The molecule has 5 heteroatoms. The zero-order valence-corrected chi connectivity index (χ0v) is 13.2. The van der Waals surface area contributed by atoms with Gasteiger partial charge in [-0.15, -0.1) is 0 Å². The summed E-state index contributed by atoms with van der Waals surface area (Å²) in [6.07, 6.45) is 0. The molecule has 0 aromatic heterocycles. The first-order valence-electron chi connectivity index (χ1n) is 6.09. The molecule has 0 aliphatic carbocycles. The zero-order chi connectivity index (χ0) is 14.7. The highest BCUT2D eigenvalue weighted by Gasteiger charge is 2.11. The Labute approximate surface area is 130 Å². The standard InChI is InChI=1S/C15H14BrClFNO/c1-9(19)12-7-11(16)5-6-14(12)20-8-10-3-2-4-13(17)15(10)18/h2-7,9H,8,19H2,1H3. The molecule has 0 spiro atoms. The fraction of sp³-hybridized carbons (Fsp3) is 0.200. The predicted octanol–water partition coefficient (Wildman–Crippen LogP) is 4.84. The van der Waals surface area contributed by atoms with E-state index in [-0.39, 0.29) is 17.7 Å². The Balaban J connectivity index is 2.21. The fourth-order valence-electron chi connectivity index (χ4n) is 1.82. The topological polar surface area (TPSA) is 35.2 Å². The summed E-state index contributed by atoms with van der Waals surface area (Å²) in [5.41, 5.74) is 7.19. The maximum atomic E-state index is 13.8. The molecule has 0 radical (unpaired) electrons. The van der Waals surface area contributed by atoms with Crippen LogP contribution in [-0.4, -0.2) is 0 Å². The second-order valence-corrected chi connectivity index (χ2v) is 5.80.